The first-order valence-electron chi connectivity index (χ1n) is 8.12. The van der Waals surface area contributed by atoms with Crippen LogP contribution in [0.5, 0.6) is 0 Å². The van der Waals surface area contributed by atoms with Crippen molar-refractivity contribution in [1.82, 2.24) is 5.43 Å². The molecule has 0 spiro atoms. The number of hydrazine groups is 1. The lowest BCUT2D eigenvalue weighted by molar-refractivity contribution is 0.418. The summed E-state index contributed by atoms with van der Waals surface area (Å²) in [6.07, 6.45) is 5.33. The third-order valence-corrected chi connectivity index (χ3v) is 8.20. The second-order valence-electron chi connectivity index (χ2n) is 6.10. The van der Waals surface area contributed by atoms with Crippen molar-refractivity contribution in [1.29, 1.82) is 0 Å². The van der Waals surface area contributed by atoms with Crippen LogP contribution in [0.25, 0.3) is 0 Å². The predicted molar refractivity (Wildman–Crippen MR) is 95.9 cm³/mol. The molecule has 1 aromatic rings. The second-order valence-corrected chi connectivity index (χ2v) is 8.73. The Bertz CT molecular complexity index is 462. The van der Waals surface area contributed by atoms with Crippen LogP contribution in [-0.2, 0) is 0 Å². The zero-order valence-corrected chi connectivity index (χ0v) is 14.4. The molecule has 0 bridgehead atoms. The fraction of sp³-hybridized carbons (Fsp3) is 0.647. The van der Waals surface area contributed by atoms with Crippen LogP contribution in [0, 0.1) is 0 Å². The van der Waals surface area contributed by atoms with Crippen molar-refractivity contribution < 1.29 is 0 Å². The SMILES string of the molecule is CCC1SCCSC1C(NN)c1cccc(C2CCC2)c1. The van der Waals surface area contributed by atoms with Gasteiger partial charge in [-0.1, -0.05) is 37.6 Å². The van der Waals surface area contributed by atoms with E-state index in [1.807, 2.05) is 0 Å². The third kappa shape index (κ3) is 3.44. The largest absolute Gasteiger partial charge is 0.271 e. The van der Waals surface area contributed by atoms with Crippen LogP contribution in [0.1, 0.15) is 55.7 Å². The van der Waals surface area contributed by atoms with Gasteiger partial charge >= 0.3 is 0 Å². The van der Waals surface area contributed by atoms with Crippen molar-refractivity contribution in [3.05, 3.63) is 35.4 Å². The summed E-state index contributed by atoms with van der Waals surface area (Å²) >= 11 is 4.21. The van der Waals surface area contributed by atoms with Gasteiger partial charge < -0.3 is 0 Å². The van der Waals surface area contributed by atoms with Gasteiger partial charge in [0.25, 0.3) is 0 Å². The van der Waals surface area contributed by atoms with Crippen molar-refractivity contribution in [3.63, 3.8) is 0 Å². The van der Waals surface area contributed by atoms with Gasteiger partial charge in [-0.25, -0.2) is 0 Å². The molecule has 116 valence electrons. The van der Waals surface area contributed by atoms with Crippen molar-refractivity contribution >= 4 is 23.5 Å². The molecule has 1 aliphatic carbocycles. The average Bonchev–Trinajstić information content (AvgIpc) is 2.47. The Kier molecular flexibility index (Phi) is 5.54. The van der Waals surface area contributed by atoms with Crippen LogP contribution in [0.15, 0.2) is 24.3 Å². The number of thioether (sulfide) groups is 2. The van der Waals surface area contributed by atoms with Crippen molar-refractivity contribution in [2.75, 3.05) is 11.5 Å². The van der Waals surface area contributed by atoms with E-state index in [9.17, 15) is 0 Å². The first kappa shape index (κ1) is 15.7. The molecule has 3 N–H and O–H groups in total. The Balaban J connectivity index is 1.81. The Hall–Kier alpha value is -0.160. The van der Waals surface area contributed by atoms with E-state index in [0.29, 0.717) is 10.5 Å². The summed E-state index contributed by atoms with van der Waals surface area (Å²) in [4.78, 5) is 0. The molecule has 21 heavy (non-hydrogen) atoms. The molecular weight excluding hydrogens is 296 g/mol. The molecule has 0 aromatic heterocycles. The summed E-state index contributed by atoms with van der Waals surface area (Å²) in [6, 6.07) is 9.43. The predicted octanol–water partition coefficient (Wildman–Crippen LogP) is 4.09. The van der Waals surface area contributed by atoms with Crippen LogP contribution in [-0.4, -0.2) is 22.0 Å². The zero-order valence-electron chi connectivity index (χ0n) is 12.8. The lowest BCUT2D eigenvalue weighted by atomic mass is 9.79. The fourth-order valence-corrected chi connectivity index (χ4v) is 6.61. The molecule has 0 radical (unpaired) electrons. The number of nitrogens with two attached hydrogens (primary N) is 1. The molecule has 3 unspecified atom stereocenters. The molecule has 1 aliphatic heterocycles. The Labute approximate surface area is 137 Å². The number of rotatable bonds is 5. The highest BCUT2D eigenvalue weighted by Crippen LogP contribution is 2.41. The highest BCUT2D eigenvalue weighted by molar-refractivity contribution is 8.07. The minimum atomic E-state index is 0.271. The average molecular weight is 323 g/mol. The van der Waals surface area contributed by atoms with E-state index in [4.69, 9.17) is 5.84 Å². The fourth-order valence-electron chi connectivity index (χ4n) is 3.38. The van der Waals surface area contributed by atoms with Crippen molar-refractivity contribution in [3.8, 4) is 0 Å². The van der Waals surface area contributed by atoms with Crippen LogP contribution in [0.4, 0.5) is 0 Å². The molecule has 1 saturated heterocycles. The third-order valence-electron chi connectivity index (χ3n) is 4.85. The van der Waals surface area contributed by atoms with E-state index in [1.165, 1.54) is 48.3 Å². The van der Waals surface area contributed by atoms with E-state index in [0.717, 1.165) is 5.92 Å². The van der Waals surface area contributed by atoms with Gasteiger partial charge in [0.15, 0.2) is 0 Å². The van der Waals surface area contributed by atoms with Gasteiger partial charge in [0.1, 0.15) is 0 Å². The lowest BCUT2D eigenvalue weighted by Crippen LogP contribution is -2.41. The van der Waals surface area contributed by atoms with Crippen LogP contribution in [0.2, 0.25) is 0 Å². The van der Waals surface area contributed by atoms with Gasteiger partial charge in [-0.05, 0) is 36.3 Å². The normalized spacial score (nSPS) is 28.1. The molecule has 2 aliphatic rings. The first-order valence-corrected chi connectivity index (χ1v) is 10.2. The van der Waals surface area contributed by atoms with Gasteiger partial charge in [0.2, 0.25) is 0 Å². The molecule has 1 aromatic carbocycles. The van der Waals surface area contributed by atoms with Gasteiger partial charge in [-0.15, -0.1) is 0 Å². The molecular formula is C17H26N2S2. The molecule has 2 nitrogen and oxygen atoms in total. The molecule has 1 heterocycles. The first-order chi connectivity index (χ1) is 10.3. The summed E-state index contributed by atoms with van der Waals surface area (Å²) in [7, 11) is 0. The number of benzene rings is 1. The van der Waals surface area contributed by atoms with E-state index < -0.39 is 0 Å². The van der Waals surface area contributed by atoms with Gasteiger partial charge in [0.05, 0.1) is 6.04 Å². The minimum absolute atomic E-state index is 0.271. The van der Waals surface area contributed by atoms with Crippen LogP contribution < -0.4 is 11.3 Å². The van der Waals surface area contributed by atoms with E-state index >= 15 is 0 Å². The van der Waals surface area contributed by atoms with Crippen molar-refractivity contribution in [2.24, 2.45) is 5.84 Å². The summed E-state index contributed by atoms with van der Waals surface area (Å²) in [6.45, 7) is 2.30. The smallest absolute Gasteiger partial charge is 0.0589 e. The molecule has 1 saturated carbocycles. The molecule has 0 amide bonds. The molecule has 2 fully saturated rings. The zero-order chi connectivity index (χ0) is 14.7. The Morgan fingerprint density at radius 2 is 2.10 bits per heavy atom. The summed E-state index contributed by atoms with van der Waals surface area (Å²) in [5.74, 6) is 9.26. The van der Waals surface area contributed by atoms with E-state index in [-0.39, 0.29) is 6.04 Å². The Morgan fingerprint density at radius 1 is 1.29 bits per heavy atom. The maximum absolute atomic E-state index is 5.95. The van der Waals surface area contributed by atoms with E-state index in [1.54, 1.807) is 0 Å². The van der Waals surface area contributed by atoms with Gasteiger partial charge in [-0.2, -0.15) is 23.5 Å². The second kappa shape index (κ2) is 7.40. The molecule has 4 heteroatoms. The lowest BCUT2D eigenvalue weighted by Gasteiger charge is -2.36. The van der Waals surface area contributed by atoms with E-state index in [2.05, 4.69) is 60.1 Å². The van der Waals surface area contributed by atoms with Crippen LogP contribution in [0.3, 0.4) is 0 Å². The maximum Gasteiger partial charge on any atom is 0.0589 e. The molecule has 3 atom stereocenters. The molecule has 3 rings (SSSR count). The summed E-state index contributed by atoms with van der Waals surface area (Å²) in [5.41, 5.74) is 6.01. The topological polar surface area (TPSA) is 38.0 Å². The number of nitrogens with one attached hydrogen (secondary N) is 1. The van der Waals surface area contributed by atoms with Crippen LogP contribution >= 0.6 is 23.5 Å². The number of hydrogen-bond donors (Lipinski definition) is 2. The number of hydrogen-bond acceptors (Lipinski definition) is 4. The summed E-state index contributed by atoms with van der Waals surface area (Å²) < 4.78 is 0. The highest BCUT2D eigenvalue weighted by Gasteiger charge is 2.33. The standard InChI is InChI=1S/C17H26N2S2/c1-2-15-17(21-10-9-20-15)16(19-18)14-8-4-7-13(11-14)12-5-3-6-12/h4,7-8,11-12,15-17,19H,2-3,5-6,9-10,18H2,1H3. The summed E-state index contributed by atoms with van der Waals surface area (Å²) in [5, 5.41) is 1.28. The quantitative estimate of drug-likeness (QED) is 0.632. The Morgan fingerprint density at radius 3 is 2.76 bits per heavy atom. The monoisotopic (exact) mass is 322 g/mol. The van der Waals surface area contributed by atoms with Gasteiger partial charge in [0, 0.05) is 22.0 Å². The maximum atomic E-state index is 5.95. The van der Waals surface area contributed by atoms with Gasteiger partial charge in [-0.3, -0.25) is 11.3 Å². The highest BCUT2D eigenvalue weighted by atomic mass is 32.2. The minimum Gasteiger partial charge on any atom is -0.271 e. The van der Waals surface area contributed by atoms with Crippen molar-refractivity contribution in [2.45, 2.75) is 55.1 Å².